The maximum absolute atomic E-state index is 12.4. The van der Waals surface area contributed by atoms with E-state index in [0.717, 1.165) is 4.88 Å². The summed E-state index contributed by atoms with van der Waals surface area (Å²) in [5.74, 6) is 0.460. The van der Waals surface area contributed by atoms with Crippen molar-refractivity contribution in [3.05, 3.63) is 39.0 Å². The molecule has 0 amide bonds. The minimum Gasteiger partial charge on any atom is -0.495 e. The van der Waals surface area contributed by atoms with E-state index in [9.17, 15) is 8.42 Å². The minimum atomic E-state index is -3.69. The Bertz CT molecular complexity index is 713. The number of halogens is 1. The summed E-state index contributed by atoms with van der Waals surface area (Å²) in [5, 5.41) is 0. The SMILES string of the molecule is COc1ccccc1NS(=O)(=O)c1cc(CN)sc1Br. The Morgan fingerprint density at radius 2 is 2.10 bits per heavy atom. The lowest BCUT2D eigenvalue weighted by Crippen LogP contribution is -2.13. The van der Waals surface area contributed by atoms with Crippen molar-refractivity contribution in [3.8, 4) is 5.75 Å². The lowest BCUT2D eigenvalue weighted by molar-refractivity contribution is 0.417. The molecule has 0 spiro atoms. The van der Waals surface area contributed by atoms with Crippen molar-refractivity contribution in [3.63, 3.8) is 0 Å². The van der Waals surface area contributed by atoms with Crippen molar-refractivity contribution in [1.29, 1.82) is 0 Å². The Balaban J connectivity index is 2.38. The van der Waals surface area contributed by atoms with Crippen LogP contribution in [0.5, 0.6) is 5.75 Å². The number of thiophene rings is 1. The standard InChI is InChI=1S/C12H13BrN2O3S2/c1-18-10-5-3-2-4-9(10)15-20(16,17)11-6-8(7-14)19-12(11)13/h2-6,15H,7,14H2,1H3. The van der Waals surface area contributed by atoms with Gasteiger partial charge < -0.3 is 10.5 Å². The van der Waals surface area contributed by atoms with Crippen LogP contribution in [0.15, 0.2) is 39.0 Å². The minimum absolute atomic E-state index is 0.175. The van der Waals surface area contributed by atoms with Crippen LogP contribution in [-0.2, 0) is 16.6 Å². The van der Waals surface area contributed by atoms with Crippen molar-refractivity contribution < 1.29 is 13.2 Å². The summed E-state index contributed by atoms with van der Waals surface area (Å²) >= 11 is 4.56. The van der Waals surface area contributed by atoms with Gasteiger partial charge in [-0.2, -0.15) is 0 Å². The van der Waals surface area contributed by atoms with Crippen LogP contribution in [0.3, 0.4) is 0 Å². The van der Waals surface area contributed by atoms with E-state index in [1.165, 1.54) is 18.4 Å². The molecular weight excluding hydrogens is 364 g/mol. The molecular formula is C12H13BrN2O3S2. The predicted octanol–water partition coefficient (Wildman–Crippen LogP) is 2.78. The lowest BCUT2D eigenvalue weighted by Gasteiger charge is -2.10. The first-order chi connectivity index (χ1) is 9.47. The lowest BCUT2D eigenvalue weighted by atomic mass is 10.3. The third-order valence-corrected chi connectivity index (χ3v) is 6.19. The van der Waals surface area contributed by atoms with Gasteiger partial charge in [0.2, 0.25) is 0 Å². The van der Waals surface area contributed by atoms with Crippen molar-refractivity contribution in [2.45, 2.75) is 11.4 Å². The molecule has 0 fully saturated rings. The molecule has 1 aromatic heterocycles. The Kier molecular flexibility index (Phi) is 4.69. The van der Waals surface area contributed by atoms with Gasteiger partial charge in [0.15, 0.2) is 0 Å². The molecule has 2 rings (SSSR count). The first kappa shape index (κ1) is 15.3. The number of hydrogen-bond donors (Lipinski definition) is 2. The van der Waals surface area contributed by atoms with Crippen molar-refractivity contribution in [2.75, 3.05) is 11.8 Å². The molecule has 0 saturated carbocycles. The summed E-state index contributed by atoms with van der Waals surface area (Å²) in [7, 11) is -2.20. The highest BCUT2D eigenvalue weighted by Gasteiger charge is 2.22. The fourth-order valence-corrected chi connectivity index (χ4v) is 5.24. The number of nitrogens with two attached hydrogens (primary N) is 1. The second kappa shape index (κ2) is 6.13. The molecule has 0 unspecified atom stereocenters. The molecule has 1 heterocycles. The second-order valence-electron chi connectivity index (χ2n) is 3.86. The van der Waals surface area contributed by atoms with Crippen molar-refractivity contribution in [2.24, 2.45) is 5.73 Å². The Morgan fingerprint density at radius 1 is 1.40 bits per heavy atom. The molecule has 5 nitrogen and oxygen atoms in total. The maximum Gasteiger partial charge on any atom is 0.264 e. The number of para-hydroxylation sites is 2. The number of nitrogens with one attached hydrogen (secondary N) is 1. The van der Waals surface area contributed by atoms with Gasteiger partial charge in [-0.15, -0.1) is 11.3 Å². The van der Waals surface area contributed by atoms with Crippen LogP contribution < -0.4 is 15.2 Å². The van der Waals surface area contributed by atoms with E-state index in [2.05, 4.69) is 20.7 Å². The molecule has 0 atom stereocenters. The molecule has 8 heteroatoms. The molecule has 0 aliphatic carbocycles. The summed E-state index contributed by atoms with van der Waals surface area (Å²) < 4.78 is 32.9. The van der Waals surface area contributed by atoms with E-state index in [-0.39, 0.29) is 4.90 Å². The fraction of sp³-hybridized carbons (Fsp3) is 0.167. The molecule has 20 heavy (non-hydrogen) atoms. The highest BCUT2D eigenvalue weighted by Crippen LogP contribution is 2.34. The topological polar surface area (TPSA) is 81.4 Å². The van der Waals surface area contributed by atoms with Gasteiger partial charge in [-0.3, -0.25) is 4.72 Å². The Hall–Kier alpha value is -1.09. The van der Waals surface area contributed by atoms with Gasteiger partial charge in [-0.25, -0.2) is 8.42 Å². The number of hydrogen-bond acceptors (Lipinski definition) is 5. The van der Waals surface area contributed by atoms with Crippen LogP contribution in [0, 0.1) is 0 Å². The van der Waals surface area contributed by atoms with Gasteiger partial charge in [-0.1, -0.05) is 12.1 Å². The smallest absolute Gasteiger partial charge is 0.264 e. The quantitative estimate of drug-likeness (QED) is 0.840. The van der Waals surface area contributed by atoms with Gasteiger partial charge in [0.25, 0.3) is 10.0 Å². The summed E-state index contributed by atoms with van der Waals surface area (Å²) in [5.41, 5.74) is 5.92. The fourth-order valence-electron chi connectivity index (χ4n) is 1.61. The van der Waals surface area contributed by atoms with Crippen molar-refractivity contribution in [1.82, 2.24) is 0 Å². The predicted molar refractivity (Wildman–Crippen MR) is 83.7 cm³/mol. The molecule has 0 aliphatic rings. The number of benzene rings is 1. The van der Waals surface area contributed by atoms with Crippen LogP contribution in [0.1, 0.15) is 4.88 Å². The van der Waals surface area contributed by atoms with E-state index in [1.807, 2.05) is 0 Å². The summed E-state index contributed by atoms with van der Waals surface area (Å²) in [6, 6.07) is 8.39. The third-order valence-electron chi connectivity index (χ3n) is 2.55. The first-order valence-electron chi connectivity index (χ1n) is 5.62. The van der Waals surface area contributed by atoms with E-state index < -0.39 is 10.0 Å². The van der Waals surface area contributed by atoms with E-state index >= 15 is 0 Å². The number of anilines is 1. The van der Waals surface area contributed by atoms with Gasteiger partial charge in [0.05, 0.1) is 16.6 Å². The molecule has 0 aliphatic heterocycles. The molecule has 0 bridgehead atoms. The number of rotatable bonds is 5. The summed E-state index contributed by atoms with van der Waals surface area (Å²) in [4.78, 5) is 0.964. The van der Waals surface area contributed by atoms with Gasteiger partial charge in [0, 0.05) is 11.4 Å². The first-order valence-corrected chi connectivity index (χ1v) is 8.71. The average molecular weight is 377 g/mol. The monoisotopic (exact) mass is 376 g/mol. The van der Waals surface area contributed by atoms with E-state index in [0.29, 0.717) is 21.8 Å². The van der Waals surface area contributed by atoms with Crippen LogP contribution >= 0.6 is 27.3 Å². The largest absolute Gasteiger partial charge is 0.495 e. The molecule has 0 saturated heterocycles. The summed E-state index contributed by atoms with van der Waals surface area (Å²) in [6.45, 7) is 0.299. The van der Waals surface area contributed by atoms with Crippen molar-refractivity contribution >= 4 is 43.0 Å². The van der Waals surface area contributed by atoms with Crippen LogP contribution in [0.4, 0.5) is 5.69 Å². The molecule has 3 N–H and O–H groups in total. The molecule has 2 aromatic rings. The van der Waals surface area contributed by atoms with E-state index in [1.54, 1.807) is 30.3 Å². The van der Waals surface area contributed by atoms with Gasteiger partial charge >= 0.3 is 0 Å². The number of ether oxygens (including phenoxy) is 1. The zero-order chi connectivity index (χ0) is 14.8. The highest BCUT2D eigenvalue weighted by molar-refractivity contribution is 9.11. The maximum atomic E-state index is 12.4. The van der Waals surface area contributed by atoms with Gasteiger partial charge in [-0.05, 0) is 34.1 Å². The molecule has 0 radical (unpaired) electrons. The number of sulfonamides is 1. The highest BCUT2D eigenvalue weighted by atomic mass is 79.9. The number of methoxy groups -OCH3 is 1. The van der Waals surface area contributed by atoms with Crippen LogP contribution in [0.25, 0.3) is 0 Å². The summed E-state index contributed by atoms with van der Waals surface area (Å²) in [6.07, 6.45) is 0. The average Bonchev–Trinajstić information content (AvgIpc) is 2.81. The van der Waals surface area contributed by atoms with Gasteiger partial charge in [0.1, 0.15) is 10.6 Å². The normalized spacial score (nSPS) is 11.3. The molecule has 108 valence electrons. The zero-order valence-electron chi connectivity index (χ0n) is 10.6. The molecule has 1 aromatic carbocycles. The van der Waals surface area contributed by atoms with E-state index in [4.69, 9.17) is 10.5 Å². The Morgan fingerprint density at radius 3 is 2.70 bits per heavy atom. The second-order valence-corrected chi connectivity index (χ2v) is 7.97. The van der Waals surface area contributed by atoms with Crippen LogP contribution in [-0.4, -0.2) is 15.5 Å². The zero-order valence-corrected chi connectivity index (χ0v) is 13.8. The van der Waals surface area contributed by atoms with Crippen LogP contribution in [0.2, 0.25) is 0 Å². The Labute approximate surface area is 129 Å². The third kappa shape index (κ3) is 3.14.